The Balaban J connectivity index is 2.28. The van der Waals surface area contributed by atoms with Crippen LogP contribution >= 0.6 is 11.6 Å². The van der Waals surface area contributed by atoms with Gasteiger partial charge in [0.15, 0.2) is 0 Å². The lowest BCUT2D eigenvalue weighted by molar-refractivity contribution is -0.138. The van der Waals surface area contributed by atoms with Crippen molar-refractivity contribution in [1.82, 2.24) is 4.98 Å². The Morgan fingerprint density at radius 1 is 1.14 bits per heavy atom. The summed E-state index contributed by atoms with van der Waals surface area (Å²) in [6.45, 7) is 0.500. The molecule has 2 aromatic rings. The third kappa shape index (κ3) is 3.88. The largest absolute Gasteiger partial charge is 0.416 e. The Hall–Kier alpha value is -1.75. The smallest absolute Gasteiger partial charge is 0.370 e. The van der Waals surface area contributed by atoms with Crippen LogP contribution in [0, 0.1) is 0 Å². The molecule has 0 aliphatic rings. The van der Waals surface area contributed by atoms with Crippen LogP contribution in [-0.2, 0) is 18.6 Å². The number of anilines is 1. The highest BCUT2D eigenvalue weighted by molar-refractivity contribution is 6.17. The van der Waals surface area contributed by atoms with Crippen molar-refractivity contribution in [3.8, 4) is 0 Å². The number of halogens is 4. The van der Waals surface area contributed by atoms with Crippen LogP contribution < -0.4 is 4.90 Å². The van der Waals surface area contributed by atoms with E-state index in [4.69, 9.17) is 11.6 Å². The van der Waals surface area contributed by atoms with Crippen molar-refractivity contribution < 1.29 is 13.2 Å². The number of alkyl halides is 4. The van der Waals surface area contributed by atoms with Crippen LogP contribution in [0.3, 0.4) is 0 Å². The predicted octanol–water partition coefficient (Wildman–Crippen LogP) is 4.48. The van der Waals surface area contributed by atoms with Crippen molar-refractivity contribution in [3.63, 3.8) is 0 Å². The first kappa shape index (κ1) is 15.6. The normalized spacial score (nSPS) is 11.5. The molecule has 6 heteroatoms. The third-order valence-electron chi connectivity index (χ3n) is 3.15. The minimum absolute atomic E-state index is 0.0882. The summed E-state index contributed by atoms with van der Waals surface area (Å²) >= 11 is 5.58. The van der Waals surface area contributed by atoms with Crippen LogP contribution in [0.5, 0.6) is 0 Å². The molecule has 0 N–H and O–H groups in total. The number of hydrogen-bond donors (Lipinski definition) is 0. The minimum Gasteiger partial charge on any atom is -0.370 e. The molecule has 2 rings (SSSR count). The first-order chi connectivity index (χ1) is 9.91. The zero-order chi connectivity index (χ0) is 15.5. The molecule has 0 fully saturated rings. The summed E-state index contributed by atoms with van der Waals surface area (Å²) < 4.78 is 39.1. The van der Waals surface area contributed by atoms with E-state index in [9.17, 15) is 13.2 Å². The van der Waals surface area contributed by atoms with Crippen LogP contribution in [0.1, 0.15) is 16.7 Å². The van der Waals surface area contributed by atoms with Gasteiger partial charge in [-0.2, -0.15) is 13.2 Å². The average molecular weight is 315 g/mol. The third-order valence-corrected chi connectivity index (χ3v) is 3.44. The van der Waals surface area contributed by atoms with E-state index in [1.54, 1.807) is 30.4 Å². The average Bonchev–Trinajstić information content (AvgIpc) is 2.46. The maximum absolute atomic E-state index is 13.0. The molecule has 0 aliphatic heterocycles. The van der Waals surface area contributed by atoms with Gasteiger partial charge in [-0.1, -0.05) is 6.07 Å². The summed E-state index contributed by atoms with van der Waals surface area (Å²) in [5.41, 5.74) is 0.872. The molecule has 21 heavy (non-hydrogen) atoms. The van der Waals surface area contributed by atoms with E-state index in [2.05, 4.69) is 4.98 Å². The molecular weight excluding hydrogens is 301 g/mol. The number of aromatic nitrogens is 1. The van der Waals surface area contributed by atoms with Crippen LogP contribution in [0.15, 0.2) is 42.7 Å². The van der Waals surface area contributed by atoms with Gasteiger partial charge in [0.1, 0.15) is 0 Å². The number of rotatable bonds is 4. The second kappa shape index (κ2) is 6.35. The van der Waals surface area contributed by atoms with Gasteiger partial charge in [-0.05, 0) is 35.4 Å². The van der Waals surface area contributed by atoms with Crippen LogP contribution in [0.2, 0.25) is 0 Å². The molecule has 0 saturated carbocycles. The predicted molar refractivity (Wildman–Crippen MR) is 77.3 cm³/mol. The van der Waals surface area contributed by atoms with Gasteiger partial charge in [0.05, 0.1) is 5.56 Å². The molecule has 0 atom stereocenters. The van der Waals surface area contributed by atoms with Crippen molar-refractivity contribution in [2.75, 3.05) is 11.9 Å². The fraction of sp³-hybridized carbons (Fsp3) is 0.267. The van der Waals surface area contributed by atoms with E-state index in [0.717, 1.165) is 11.6 Å². The van der Waals surface area contributed by atoms with Crippen LogP contribution in [0.4, 0.5) is 18.9 Å². The van der Waals surface area contributed by atoms with Crippen LogP contribution in [-0.4, -0.2) is 12.0 Å². The van der Waals surface area contributed by atoms with E-state index in [1.807, 2.05) is 12.1 Å². The highest BCUT2D eigenvalue weighted by atomic mass is 35.5. The molecule has 0 amide bonds. The molecule has 2 nitrogen and oxygen atoms in total. The fourth-order valence-electron chi connectivity index (χ4n) is 2.04. The van der Waals surface area contributed by atoms with Crippen molar-refractivity contribution in [3.05, 3.63) is 59.4 Å². The van der Waals surface area contributed by atoms with E-state index in [-0.39, 0.29) is 11.4 Å². The maximum atomic E-state index is 13.0. The van der Waals surface area contributed by atoms with Gasteiger partial charge in [-0.3, -0.25) is 4.98 Å². The lowest BCUT2D eigenvalue weighted by Gasteiger charge is -2.22. The molecule has 0 radical (unpaired) electrons. The van der Waals surface area contributed by atoms with Gasteiger partial charge >= 0.3 is 6.18 Å². The first-order valence-corrected chi connectivity index (χ1v) is 6.81. The highest BCUT2D eigenvalue weighted by Gasteiger charge is 2.33. The second-order valence-electron chi connectivity index (χ2n) is 4.68. The zero-order valence-corrected chi connectivity index (χ0v) is 12.1. The molecule has 0 bridgehead atoms. The topological polar surface area (TPSA) is 16.1 Å². The summed E-state index contributed by atoms with van der Waals surface area (Å²) in [6, 6.07) is 7.86. The SMILES string of the molecule is CN(Cc1ccncc1)c1ccc(CCl)c(C(F)(F)F)c1. The van der Waals surface area contributed by atoms with Crippen molar-refractivity contribution >= 4 is 17.3 Å². The molecule has 1 aromatic heterocycles. The van der Waals surface area contributed by atoms with E-state index in [0.29, 0.717) is 12.2 Å². The Kier molecular flexibility index (Phi) is 4.73. The lowest BCUT2D eigenvalue weighted by Crippen LogP contribution is -2.18. The number of benzene rings is 1. The standard InChI is InChI=1S/C15H14ClF3N2/c1-21(10-11-4-6-20-7-5-11)13-3-2-12(9-16)14(8-13)15(17,18)19/h2-8H,9-10H2,1H3. The summed E-state index contributed by atoms with van der Waals surface area (Å²) in [4.78, 5) is 5.67. The molecule has 112 valence electrons. The Morgan fingerprint density at radius 2 is 1.81 bits per heavy atom. The van der Waals surface area contributed by atoms with Crippen molar-refractivity contribution in [2.24, 2.45) is 0 Å². The van der Waals surface area contributed by atoms with Gasteiger partial charge in [-0.15, -0.1) is 11.6 Å². The van der Waals surface area contributed by atoms with Gasteiger partial charge < -0.3 is 4.90 Å². The highest BCUT2D eigenvalue weighted by Crippen LogP contribution is 2.35. The quantitative estimate of drug-likeness (QED) is 0.774. The van der Waals surface area contributed by atoms with Crippen molar-refractivity contribution in [2.45, 2.75) is 18.6 Å². The maximum Gasteiger partial charge on any atom is 0.416 e. The molecule has 0 spiro atoms. The van der Waals surface area contributed by atoms with Gasteiger partial charge in [0.2, 0.25) is 0 Å². The summed E-state index contributed by atoms with van der Waals surface area (Å²) in [7, 11) is 1.75. The second-order valence-corrected chi connectivity index (χ2v) is 4.95. The van der Waals surface area contributed by atoms with E-state index < -0.39 is 11.7 Å². The number of hydrogen-bond acceptors (Lipinski definition) is 2. The Bertz CT molecular complexity index is 600. The van der Waals surface area contributed by atoms with Gasteiger partial charge in [0.25, 0.3) is 0 Å². The summed E-state index contributed by atoms with van der Waals surface area (Å²) in [5.74, 6) is -0.163. The van der Waals surface area contributed by atoms with Gasteiger partial charge in [-0.25, -0.2) is 0 Å². The summed E-state index contributed by atoms with van der Waals surface area (Å²) in [6.07, 6.45) is -1.10. The molecule has 0 aliphatic carbocycles. The van der Waals surface area contributed by atoms with Gasteiger partial charge in [0, 0.05) is 37.6 Å². The fourth-order valence-corrected chi connectivity index (χ4v) is 2.27. The lowest BCUT2D eigenvalue weighted by atomic mass is 10.1. The monoisotopic (exact) mass is 314 g/mol. The molecule has 1 aromatic carbocycles. The molecule has 1 heterocycles. The number of nitrogens with zero attached hydrogens (tertiary/aromatic N) is 2. The van der Waals surface area contributed by atoms with Crippen molar-refractivity contribution in [1.29, 1.82) is 0 Å². The molecule has 0 saturated heterocycles. The summed E-state index contributed by atoms with van der Waals surface area (Å²) in [5, 5.41) is 0. The Morgan fingerprint density at radius 3 is 2.38 bits per heavy atom. The number of pyridine rings is 1. The van der Waals surface area contributed by atoms with E-state index in [1.165, 1.54) is 6.07 Å². The first-order valence-electron chi connectivity index (χ1n) is 6.28. The Labute approximate surface area is 126 Å². The minimum atomic E-state index is -4.41. The van der Waals surface area contributed by atoms with Crippen LogP contribution in [0.25, 0.3) is 0 Å². The zero-order valence-electron chi connectivity index (χ0n) is 11.4. The van der Waals surface area contributed by atoms with E-state index >= 15 is 0 Å². The molecule has 0 unspecified atom stereocenters. The molecular formula is C15H14ClF3N2.